The fraction of sp³-hybridized carbons (Fsp3) is 0.150. The number of hydrogen-bond donors (Lipinski definition) is 2. The zero-order chi connectivity index (χ0) is 20.7. The Labute approximate surface area is 169 Å². The fourth-order valence-corrected chi connectivity index (χ4v) is 3.12. The van der Waals surface area contributed by atoms with Gasteiger partial charge in [-0.3, -0.25) is 9.59 Å². The van der Waals surface area contributed by atoms with Crippen molar-refractivity contribution in [1.82, 2.24) is 25.0 Å². The van der Waals surface area contributed by atoms with Crippen molar-refractivity contribution in [1.29, 1.82) is 0 Å². The Bertz CT molecular complexity index is 1330. The van der Waals surface area contributed by atoms with Crippen molar-refractivity contribution < 1.29 is 14.3 Å². The highest BCUT2D eigenvalue weighted by Gasteiger charge is 2.18. The van der Waals surface area contributed by atoms with Gasteiger partial charge in [-0.2, -0.15) is 0 Å². The van der Waals surface area contributed by atoms with Crippen LogP contribution < -0.4 is 20.3 Å². The zero-order valence-corrected chi connectivity index (χ0v) is 15.9. The molecule has 0 radical (unpaired) electrons. The van der Waals surface area contributed by atoms with Crippen molar-refractivity contribution in [2.45, 2.75) is 13.5 Å². The van der Waals surface area contributed by atoms with Gasteiger partial charge < -0.3 is 19.8 Å². The molecule has 5 rings (SSSR count). The van der Waals surface area contributed by atoms with Gasteiger partial charge in [-0.25, -0.2) is 9.67 Å². The van der Waals surface area contributed by atoms with Crippen LogP contribution in [0.1, 0.15) is 21.7 Å². The molecule has 2 aromatic heterocycles. The summed E-state index contributed by atoms with van der Waals surface area (Å²) in [5.41, 5.74) is 2.26. The lowest BCUT2D eigenvalue weighted by Gasteiger charge is -2.06. The van der Waals surface area contributed by atoms with Crippen LogP contribution in [0.3, 0.4) is 0 Å². The molecule has 2 aromatic carbocycles. The summed E-state index contributed by atoms with van der Waals surface area (Å²) in [6, 6.07) is 12.8. The molecule has 0 atom stereocenters. The summed E-state index contributed by atoms with van der Waals surface area (Å²) < 4.78 is 12.2. The Morgan fingerprint density at radius 2 is 1.97 bits per heavy atom. The number of nitrogens with zero attached hydrogens (tertiary/aromatic N) is 4. The van der Waals surface area contributed by atoms with E-state index >= 15 is 0 Å². The second-order valence-electron chi connectivity index (χ2n) is 6.84. The summed E-state index contributed by atoms with van der Waals surface area (Å²) in [5.74, 6) is 0.656. The maximum atomic E-state index is 12.6. The minimum Gasteiger partial charge on any atom is -0.454 e. The number of anilines is 1. The molecule has 30 heavy (non-hydrogen) atoms. The number of rotatable bonds is 4. The first-order valence-corrected chi connectivity index (χ1v) is 9.17. The van der Waals surface area contributed by atoms with Crippen LogP contribution in [0.15, 0.2) is 47.3 Å². The van der Waals surface area contributed by atoms with Crippen LogP contribution in [0.5, 0.6) is 11.5 Å². The number of aryl methyl sites for hydroxylation is 1. The molecule has 150 valence electrons. The standard InChI is InChI=1S/C20H16N6O4/c1-11-2-5-13(6-3-11)21-20(28)17-22-18-16(19(27)23-17)24-25-26(18)9-12-4-7-14-15(8-12)30-10-29-14/h2-8H,9-10H2,1H3,(H,21,28)(H,22,23,27). The summed E-state index contributed by atoms with van der Waals surface area (Å²) in [4.78, 5) is 31.7. The highest BCUT2D eigenvalue weighted by molar-refractivity contribution is 6.02. The van der Waals surface area contributed by atoms with Gasteiger partial charge in [0.1, 0.15) is 0 Å². The van der Waals surface area contributed by atoms with Crippen molar-refractivity contribution in [2.75, 3.05) is 12.1 Å². The van der Waals surface area contributed by atoms with E-state index in [0.717, 1.165) is 11.1 Å². The summed E-state index contributed by atoms with van der Waals surface area (Å²) in [6.45, 7) is 2.43. The van der Waals surface area contributed by atoms with Crippen molar-refractivity contribution >= 4 is 22.8 Å². The molecule has 2 N–H and O–H groups in total. The number of nitrogens with one attached hydrogen (secondary N) is 2. The molecule has 1 aliphatic rings. The van der Waals surface area contributed by atoms with Crippen LogP contribution in [0.25, 0.3) is 11.2 Å². The Kier molecular flexibility index (Phi) is 4.16. The van der Waals surface area contributed by atoms with Gasteiger partial charge >= 0.3 is 0 Å². The van der Waals surface area contributed by atoms with E-state index in [1.54, 1.807) is 18.2 Å². The van der Waals surface area contributed by atoms with Gasteiger partial charge in [0.05, 0.1) is 6.54 Å². The summed E-state index contributed by atoms with van der Waals surface area (Å²) in [7, 11) is 0. The quantitative estimate of drug-likeness (QED) is 0.532. The molecule has 10 nitrogen and oxygen atoms in total. The number of benzene rings is 2. The SMILES string of the molecule is Cc1ccc(NC(=O)c2nc3c(nnn3Cc3ccc4c(c3)OCO4)c(=O)[nH]2)cc1. The molecule has 3 heterocycles. The molecule has 1 amide bonds. The molecule has 10 heteroatoms. The number of fused-ring (bicyclic) bond motifs is 2. The van der Waals surface area contributed by atoms with Crippen LogP contribution in [0.4, 0.5) is 5.69 Å². The number of carbonyl (C=O) groups is 1. The lowest BCUT2D eigenvalue weighted by atomic mass is 10.2. The minimum atomic E-state index is -0.536. The average Bonchev–Trinajstić information content (AvgIpc) is 3.37. The fourth-order valence-electron chi connectivity index (χ4n) is 3.12. The van der Waals surface area contributed by atoms with Crippen LogP contribution in [-0.4, -0.2) is 37.7 Å². The normalized spacial score (nSPS) is 12.3. The third kappa shape index (κ3) is 3.24. The molecule has 0 saturated carbocycles. The first-order valence-electron chi connectivity index (χ1n) is 9.17. The van der Waals surface area contributed by atoms with Crippen LogP contribution in [0, 0.1) is 6.92 Å². The van der Waals surface area contributed by atoms with Crippen LogP contribution in [0.2, 0.25) is 0 Å². The largest absolute Gasteiger partial charge is 0.454 e. The molecular weight excluding hydrogens is 388 g/mol. The third-order valence-corrected chi connectivity index (χ3v) is 4.67. The number of aromatic amines is 1. The number of ether oxygens (including phenoxy) is 2. The van der Waals surface area contributed by atoms with Gasteiger partial charge in [-0.05, 0) is 36.8 Å². The molecule has 0 saturated heterocycles. The summed E-state index contributed by atoms with van der Waals surface area (Å²) >= 11 is 0. The monoisotopic (exact) mass is 404 g/mol. The Balaban J connectivity index is 1.46. The molecule has 0 spiro atoms. The second-order valence-corrected chi connectivity index (χ2v) is 6.84. The number of carbonyl (C=O) groups excluding carboxylic acids is 1. The molecule has 4 aromatic rings. The van der Waals surface area contributed by atoms with E-state index in [1.165, 1.54) is 4.68 Å². The molecule has 1 aliphatic heterocycles. The first kappa shape index (κ1) is 17.9. The molecule has 0 fully saturated rings. The highest BCUT2D eigenvalue weighted by atomic mass is 16.7. The number of H-pyrrole nitrogens is 1. The summed E-state index contributed by atoms with van der Waals surface area (Å²) in [5, 5.41) is 10.6. The van der Waals surface area contributed by atoms with Gasteiger partial charge in [0, 0.05) is 5.69 Å². The van der Waals surface area contributed by atoms with Crippen molar-refractivity contribution in [3.05, 3.63) is 69.8 Å². The average molecular weight is 404 g/mol. The first-order chi connectivity index (χ1) is 14.6. The van der Waals surface area contributed by atoms with Crippen LogP contribution in [-0.2, 0) is 6.54 Å². The van der Waals surface area contributed by atoms with Gasteiger partial charge in [0.15, 0.2) is 22.7 Å². The Morgan fingerprint density at radius 3 is 2.80 bits per heavy atom. The maximum Gasteiger partial charge on any atom is 0.291 e. The van der Waals surface area contributed by atoms with Gasteiger partial charge in [0.25, 0.3) is 11.5 Å². The zero-order valence-electron chi connectivity index (χ0n) is 15.9. The van der Waals surface area contributed by atoms with E-state index in [4.69, 9.17) is 9.47 Å². The lowest BCUT2D eigenvalue weighted by molar-refractivity contribution is 0.101. The van der Waals surface area contributed by atoms with E-state index in [2.05, 4.69) is 25.6 Å². The van der Waals surface area contributed by atoms with E-state index in [0.29, 0.717) is 23.7 Å². The number of amides is 1. The van der Waals surface area contributed by atoms with Gasteiger partial charge in [0.2, 0.25) is 12.6 Å². The maximum absolute atomic E-state index is 12.6. The highest BCUT2D eigenvalue weighted by Crippen LogP contribution is 2.32. The van der Waals surface area contributed by atoms with Gasteiger partial charge in [-0.1, -0.05) is 29.0 Å². The molecule has 0 aliphatic carbocycles. The molecule has 0 unspecified atom stereocenters. The van der Waals surface area contributed by atoms with Gasteiger partial charge in [-0.15, -0.1) is 5.10 Å². The predicted octanol–water partition coefficient (Wildman–Crippen LogP) is 1.85. The lowest BCUT2D eigenvalue weighted by Crippen LogP contribution is -2.21. The minimum absolute atomic E-state index is 0.0580. The smallest absolute Gasteiger partial charge is 0.291 e. The molecule has 0 bridgehead atoms. The van der Waals surface area contributed by atoms with Crippen molar-refractivity contribution in [3.8, 4) is 11.5 Å². The van der Waals surface area contributed by atoms with E-state index in [1.807, 2.05) is 31.2 Å². The Morgan fingerprint density at radius 1 is 1.17 bits per heavy atom. The van der Waals surface area contributed by atoms with Crippen molar-refractivity contribution in [2.24, 2.45) is 0 Å². The summed E-state index contributed by atoms with van der Waals surface area (Å²) in [6.07, 6.45) is 0. The topological polar surface area (TPSA) is 124 Å². The predicted molar refractivity (Wildman–Crippen MR) is 107 cm³/mol. The van der Waals surface area contributed by atoms with Crippen LogP contribution >= 0.6 is 0 Å². The van der Waals surface area contributed by atoms with E-state index in [-0.39, 0.29) is 23.8 Å². The second kappa shape index (κ2) is 6.99. The molecular formula is C20H16N6O4. The number of aromatic nitrogens is 5. The third-order valence-electron chi connectivity index (χ3n) is 4.67. The van der Waals surface area contributed by atoms with E-state index < -0.39 is 11.5 Å². The van der Waals surface area contributed by atoms with Crippen molar-refractivity contribution in [3.63, 3.8) is 0 Å². The number of hydrogen-bond acceptors (Lipinski definition) is 7. The van der Waals surface area contributed by atoms with E-state index in [9.17, 15) is 9.59 Å². The Hall–Kier alpha value is -4.21.